The fourth-order valence-electron chi connectivity index (χ4n) is 1.54. The molecular formula is C12H13N3O2. The molecule has 5 nitrogen and oxygen atoms in total. The maximum absolute atomic E-state index is 11.3. The normalized spacial score (nSPS) is 10.2. The van der Waals surface area contributed by atoms with E-state index < -0.39 is 0 Å². The smallest absolute Gasteiger partial charge is 0.252 e. The standard InChI is InChI=1S/C12H13N3O2/c1-2-17-9-5-3-4-8(6-9)10-7-11(16)15-12(13)14-10/h3-7H,2H2,1H3,(H3,13,14,15,16). The van der Waals surface area contributed by atoms with E-state index in [1.54, 1.807) is 0 Å². The molecule has 88 valence electrons. The van der Waals surface area contributed by atoms with E-state index in [1.807, 2.05) is 31.2 Å². The molecular weight excluding hydrogens is 218 g/mol. The van der Waals surface area contributed by atoms with E-state index in [4.69, 9.17) is 10.5 Å². The van der Waals surface area contributed by atoms with Crippen molar-refractivity contribution >= 4 is 5.95 Å². The van der Waals surface area contributed by atoms with Gasteiger partial charge in [-0.05, 0) is 19.1 Å². The molecule has 0 saturated carbocycles. The Balaban J connectivity index is 2.45. The third-order valence-electron chi connectivity index (χ3n) is 2.20. The molecule has 0 fully saturated rings. The van der Waals surface area contributed by atoms with Gasteiger partial charge in [-0.15, -0.1) is 0 Å². The molecule has 1 aromatic carbocycles. The fraction of sp³-hybridized carbons (Fsp3) is 0.167. The van der Waals surface area contributed by atoms with Crippen molar-refractivity contribution in [1.29, 1.82) is 0 Å². The number of aromatic amines is 1. The number of aromatic nitrogens is 2. The van der Waals surface area contributed by atoms with Crippen LogP contribution in [0.4, 0.5) is 5.95 Å². The zero-order chi connectivity index (χ0) is 12.3. The second-order valence-corrected chi connectivity index (χ2v) is 3.48. The number of hydrogen-bond donors (Lipinski definition) is 2. The lowest BCUT2D eigenvalue weighted by Gasteiger charge is -2.05. The second-order valence-electron chi connectivity index (χ2n) is 3.48. The number of nitrogens with zero attached hydrogens (tertiary/aromatic N) is 1. The van der Waals surface area contributed by atoms with Crippen molar-refractivity contribution in [2.45, 2.75) is 6.92 Å². The Kier molecular flexibility index (Phi) is 3.09. The van der Waals surface area contributed by atoms with E-state index in [0.717, 1.165) is 11.3 Å². The summed E-state index contributed by atoms with van der Waals surface area (Å²) in [6.45, 7) is 2.50. The van der Waals surface area contributed by atoms with E-state index in [0.29, 0.717) is 12.3 Å². The molecule has 2 rings (SSSR count). The molecule has 0 radical (unpaired) electrons. The van der Waals surface area contributed by atoms with Gasteiger partial charge in [-0.25, -0.2) is 4.98 Å². The molecule has 0 atom stereocenters. The Morgan fingerprint density at radius 1 is 1.41 bits per heavy atom. The molecule has 3 N–H and O–H groups in total. The Morgan fingerprint density at radius 3 is 2.94 bits per heavy atom. The lowest BCUT2D eigenvalue weighted by molar-refractivity contribution is 0.340. The second kappa shape index (κ2) is 4.69. The molecule has 0 unspecified atom stereocenters. The molecule has 17 heavy (non-hydrogen) atoms. The third kappa shape index (κ3) is 2.63. The summed E-state index contributed by atoms with van der Waals surface area (Å²) < 4.78 is 5.38. The maximum Gasteiger partial charge on any atom is 0.252 e. The Morgan fingerprint density at radius 2 is 2.24 bits per heavy atom. The van der Waals surface area contributed by atoms with Crippen LogP contribution in [0.15, 0.2) is 35.1 Å². The molecule has 0 aliphatic rings. The molecule has 5 heteroatoms. The Labute approximate surface area is 98.3 Å². The molecule has 0 aliphatic heterocycles. The van der Waals surface area contributed by atoms with Gasteiger partial charge in [0, 0.05) is 11.6 Å². The van der Waals surface area contributed by atoms with Gasteiger partial charge < -0.3 is 10.5 Å². The highest BCUT2D eigenvalue weighted by atomic mass is 16.5. The molecule has 1 aromatic heterocycles. The maximum atomic E-state index is 11.3. The average Bonchev–Trinajstić information content (AvgIpc) is 2.28. The number of anilines is 1. The van der Waals surface area contributed by atoms with Crippen LogP contribution < -0.4 is 16.0 Å². The summed E-state index contributed by atoms with van der Waals surface area (Å²) in [6.07, 6.45) is 0. The van der Waals surface area contributed by atoms with E-state index in [9.17, 15) is 4.79 Å². The molecule has 0 bridgehead atoms. The highest BCUT2D eigenvalue weighted by molar-refractivity contribution is 5.61. The fourth-order valence-corrected chi connectivity index (χ4v) is 1.54. The molecule has 0 amide bonds. The molecule has 0 spiro atoms. The molecule has 1 heterocycles. The number of hydrogen-bond acceptors (Lipinski definition) is 4. The van der Waals surface area contributed by atoms with E-state index >= 15 is 0 Å². The lowest BCUT2D eigenvalue weighted by atomic mass is 10.1. The minimum Gasteiger partial charge on any atom is -0.494 e. The van der Waals surface area contributed by atoms with Crippen LogP contribution in [0.1, 0.15) is 6.92 Å². The van der Waals surface area contributed by atoms with Crippen molar-refractivity contribution in [2.75, 3.05) is 12.3 Å². The monoisotopic (exact) mass is 231 g/mol. The minimum absolute atomic E-state index is 0.106. The van der Waals surface area contributed by atoms with Gasteiger partial charge in [-0.1, -0.05) is 12.1 Å². The molecule has 2 aromatic rings. The van der Waals surface area contributed by atoms with Gasteiger partial charge in [0.25, 0.3) is 5.56 Å². The van der Waals surface area contributed by atoms with Gasteiger partial charge in [-0.3, -0.25) is 9.78 Å². The van der Waals surface area contributed by atoms with E-state index in [-0.39, 0.29) is 11.5 Å². The Hall–Kier alpha value is -2.30. The number of ether oxygens (including phenoxy) is 1. The average molecular weight is 231 g/mol. The first-order chi connectivity index (χ1) is 8.19. The van der Waals surface area contributed by atoms with Crippen LogP contribution >= 0.6 is 0 Å². The van der Waals surface area contributed by atoms with Crippen molar-refractivity contribution in [1.82, 2.24) is 9.97 Å². The van der Waals surface area contributed by atoms with Crippen LogP contribution in [0.25, 0.3) is 11.3 Å². The third-order valence-corrected chi connectivity index (χ3v) is 2.20. The van der Waals surface area contributed by atoms with Gasteiger partial charge in [0.2, 0.25) is 5.95 Å². The lowest BCUT2D eigenvalue weighted by Crippen LogP contribution is -2.10. The van der Waals surface area contributed by atoms with Gasteiger partial charge in [0.05, 0.1) is 12.3 Å². The van der Waals surface area contributed by atoms with Crippen LogP contribution in [0.5, 0.6) is 5.75 Å². The predicted molar refractivity (Wildman–Crippen MR) is 65.9 cm³/mol. The van der Waals surface area contributed by atoms with Gasteiger partial charge in [0.15, 0.2) is 0 Å². The van der Waals surface area contributed by atoms with Gasteiger partial charge >= 0.3 is 0 Å². The van der Waals surface area contributed by atoms with Crippen LogP contribution in [0.3, 0.4) is 0 Å². The van der Waals surface area contributed by atoms with Crippen molar-refractivity contribution in [2.24, 2.45) is 0 Å². The highest BCUT2D eigenvalue weighted by Gasteiger charge is 2.03. The summed E-state index contributed by atoms with van der Waals surface area (Å²) in [5.74, 6) is 0.847. The topological polar surface area (TPSA) is 81.0 Å². The van der Waals surface area contributed by atoms with Crippen molar-refractivity contribution in [3.8, 4) is 17.0 Å². The highest BCUT2D eigenvalue weighted by Crippen LogP contribution is 2.21. The minimum atomic E-state index is -0.269. The zero-order valence-corrected chi connectivity index (χ0v) is 9.43. The van der Waals surface area contributed by atoms with Gasteiger partial charge in [-0.2, -0.15) is 0 Å². The van der Waals surface area contributed by atoms with Gasteiger partial charge in [0.1, 0.15) is 5.75 Å². The van der Waals surface area contributed by atoms with Crippen LogP contribution in [-0.2, 0) is 0 Å². The first-order valence-electron chi connectivity index (χ1n) is 5.29. The SMILES string of the molecule is CCOc1cccc(-c2cc(=O)[nH]c(N)n2)c1. The summed E-state index contributed by atoms with van der Waals surface area (Å²) in [5.41, 5.74) is 6.56. The summed E-state index contributed by atoms with van der Waals surface area (Å²) in [5, 5.41) is 0. The van der Waals surface area contributed by atoms with Crippen LogP contribution in [-0.4, -0.2) is 16.6 Å². The number of benzene rings is 1. The largest absolute Gasteiger partial charge is 0.494 e. The van der Waals surface area contributed by atoms with Crippen LogP contribution in [0, 0.1) is 0 Å². The number of rotatable bonds is 3. The summed E-state index contributed by atoms with van der Waals surface area (Å²) >= 11 is 0. The first kappa shape index (κ1) is 11.2. The van der Waals surface area contributed by atoms with E-state index in [1.165, 1.54) is 6.07 Å². The van der Waals surface area contributed by atoms with Crippen molar-refractivity contribution in [3.05, 3.63) is 40.7 Å². The quantitative estimate of drug-likeness (QED) is 0.837. The number of nitrogen functional groups attached to an aromatic ring is 1. The summed E-state index contributed by atoms with van der Waals surface area (Å²) in [4.78, 5) is 17.8. The van der Waals surface area contributed by atoms with Crippen molar-refractivity contribution in [3.63, 3.8) is 0 Å². The van der Waals surface area contributed by atoms with Crippen LogP contribution in [0.2, 0.25) is 0 Å². The number of nitrogens with two attached hydrogens (primary N) is 1. The first-order valence-corrected chi connectivity index (χ1v) is 5.29. The summed E-state index contributed by atoms with van der Waals surface area (Å²) in [7, 11) is 0. The molecule has 0 aliphatic carbocycles. The molecule has 0 saturated heterocycles. The van der Waals surface area contributed by atoms with E-state index in [2.05, 4.69) is 9.97 Å². The Bertz CT molecular complexity index is 578. The number of H-pyrrole nitrogens is 1. The predicted octanol–water partition coefficient (Wildman–Crippen LogP) is 1.42. The zero-order valence-electron chi connectivity index (χ0n) is 9.43. The number of nitrogens with one attached hydrogen (secondary N) is 1. The summed E-state index contributed by atoms with van der Waals surface area (Å²) in [6, 6.07) is 8.78. The van der Waals surface area contributed by atoms with Crippen molar-refractivity contribution < 1.29 is 4.74 Å².